The highest BCUT2D eigenvalue weighted by Crippen LogP contribution is 2.32. The number of amides is 1. The number of fused-ring (bicyclic) bond motifs is 1. The fourth-order valence-electron chi connectivity index (χ4n) is 3.53. The van der Waals surface area contributed by atoms with Crippen molar-refractivity contribution < 1.29 is 14.3 Å². The molecule has 0 radical (unpaired) electrons. The lowest BCUT2D eigenvalue weighted by Crippen LogP contribution is -2.38. The van der Waals surface area contributed by atoms with Gasteiger partial charge in [-0.2, -0.15) is 9.61 Å². The molecule has 1 aliphatic heterocycles. The maximum atomic E-state index is 12.9. The van der Waals surface area contributed by atoms with Gasteiger partial charge in [0.15, 0.2) is 5.65 Å². The van der Waals surface area contributed by atoms with Crippen molar-refractivity contribution in [2.75, 3.05) is 30.9 Å². The first-order valence-electron chi connectivity index (χ1n) is 10.5. The molecule has 3 N–H and O–H groups in total. The van der Waals surface area contributed by atoms with Crippen LogP contribution in [0.5, 0.6) is 5.88 Å². The summed E-state index contributed by atoms with van der Waals surface area (Å²) in [6.45, 7) is 1.32. The van der Waals surface area contributed by atoms with Crippen molar-refractivity contribution in [1.29, 1.82) is 0 Å². The summed E-state index contributed by atoms with van der Waals surface area (Å²) in [6, 6.07) is 5.66. The van der Waals surface area contributed by atoms with Crippen molar-refractivity contribution in [1.82, 2.24) is 24.9 Å². The number of aromatic nitrogens is 4. The van der Waals surface area contributed by atoms with Gasteiger partial charge in [-0.1, -0.05) is 0 Å². The van der Waals surface area contributed by atoms with E-state index in [-0.39, 0.29) is 18.1 Å². The third-order valence-corrected chi connectivity index (χ3v) is 5.37. The zero-order valence-electron chi connectivity index (χ0n) is 17.3. The molecule has 0 atom stereocenters. The van der Waals surface area contributed by atoms with E-state index >= 15 is 0 Å². The smallest absolute Gasteiger partial charge is 0.256 e. The number of anilines is 3. The van der Waals surface area contributed by atoms with Gasteiger partial charge in [0.25, 0.3) is 5.91 Å². The maximum Gasteiger partial charge on any atom is 0.256 e. The lowest BCUT2D eigenvalue weighted by molar-refractivity contribution is 0.0697. The summed E-state index contributed by atoms with van der Waals surface area (Å²) in [4.78, 5) is 21.9. The second kappa shape index (κ2) is 8.38. The number of pyridine rings is 1. The van der Waals surface area contributed by atoms with E-state index in [1.54, 1.807) is 24.0 Å². The van der Waals surface area contributed by atoms with Gasteiger partial charge in [0.1, 0.15) is 29.0 Å². The molecule has 162 valence electrons. The Labute approximate surface area is 179 Å². The molecular weight excluding hydrogens is 398 g/mol. The molecule has 0 spiro atoms. The molecule has 1 amide bonds. The van der Waals surface area contributed by atoms with Crippen LogP contribution in [0.3, 0.4) is 0 Å². The van der Waals surface area contributed by atoms with E-state index in [4.69, 9.17) is 9.47 Å². The Morgan fingerprint density at radius 2 is 2.10 bits per heavy atom. The molecule has 31 heavy (non-hydrogen) atoms. The van der Waals surface area contributed by atoms with Gasteiger partial charge in [0.2, 0.25) is 5.88 Å². The normalized spacial score (nSPS) is 16.8. The third-order valence-electron chi connectivity index (χ3n) is 5.37. The van der Waals surface area contributed by atoms with Gasteiger partial charge in [0, 0.05) is 38.6 Å². The van der Waals surface area contributed by atoms with Crippen molar-refractivity contribution in [2.24, 2.45) is 0 Å². The van der Waals surface area contributed by atoms with Gasteiger partial charge in [-0.3, -0.25) is 4.79 Å². The number of nitrogens with one attached hydrogen (secondary N) is 3. The Morgan fingerprint density at radius 3 is 2.87 bits per heavy atom. The molecule has 4 heterocycles. The number of hydrogen-bond donors (Lipinski definition) is 3. The van der Waals surface area contributed by atoms with Crippen LogP contribution in [0.15, 0.2) is 30.6 Å². The van der Waals surface area contributed by atoms with Crippen LogP contribution in [0, 0.1) is 0 Å². The number of rotatable bonds is 7. The average Bonchev–Trinajstić information content (AvgIpc) is 3.50. The third kappa shape index (κ3) is 4.24. The van der Waals surface area contributed by atoms with Crippen LogP contribution in [-0.4, -0.2) is 57.9 Å². The zero-order valence-corrected chi connectivity index (χ0v) is 17.3. The first-order chi connectivity index (χ1) is 15.2. The van der Waals surface area contributed by atoms with Crippen LogP contribution in [0.4, 0.5) is 17.3 Å². The second-order valence-corrected chi connectivity index (χ2v) is 7.73. The molecule has 2 aliphatic rings. The summed E-state index contributed by atoms with van der Waals surface area (Å²) in [6.07, 6.45) is 7.18. The van der Waals surface area contributed by atoms with E-state index in [2.05, 4.69) is 31.0 Å². The molecule has 10 heteroatoms. The topological polar surface area (TPSA) is 115 Å². The SMILES string of the molecule is CNc1cc(Nc2cccnc2OC2CC2)nc2c(C(=O)NC3CCOCC3)cnn12. The number of carbonyl (C=O) groups is 1. The van der Waals surface area contributed by atoms with Gasteiger partial charge < -0.3 is 25.4 Å². The van der Waals surface area contributed by atoms with E-state index in [9.17, 15) is 4.79 Å². The van der Waals surface area contributed by atoms with Crippen LogP contribution >= 0.6 is 0 Å². The molecule has 3 aromatic heterocycles. The Kier molecular flexibility index (Phi) is 5.29. The molecule has 2 fully saturated rings. The summed E-state index contributed by atoms with van der Waals surface area (Å²) < 4.78 is 12.9. The molecule has 1 saturated carbocycles. The van der Waals surface area contributed by atoms with Crippen molar-refractivity contribution in [3.05, 3.63) is 36.2 Å². The first kappa shape index (κ1) is 19.6. The zero-order chi connectivity index (χ0) is 21.2. The van der Waals surface area contributed by atoms with Crippen LogP contribution in [0.25, 0.3) is 5.65 Å². The van der Waals surface area contributed by atoms with Gasteiger partial charge in [-0.15, -0.1) is 0 Å². The highest BCUT2D eigenvalue weighted by molar-refractivity contribution is 6.00. The molecule has 0 unspecified atom stereocenters. The van der Waals surface area contributed by atoms with Crippen LogP contribution in [0.1, 0.15) is 36.0 Å². The number of nitrogens with zero attached hydrogens (tertiary/aromatic N) is 4. The van der Waals surface area contributed by atoms with E-state index in [0.717, 1.165) is 31.4 Å². The molecule has 3 aromatic rings. The standard InChI is InChI=1S/C21H25N7O3/c1-22-18-11-17(26-16-3-2-8-23-21(16)31-14-4-5-14)27-19-15(12-24-28(18)19)20(29)25-13-6-9-30-10-7-13/h2-3,8,11-14,22H,4-7,9-10H2,1H3,(H,25,29)(H,26,27). The monoisotopic (exact) mass is 423 g/mol. The van der Waals surface area contributed by atoms with Crippen molar-refractivity contribution in [3.8, 4) is 5.88 Å². The molecule has 5 rings (SSSR count). The van der Waals surface area contributed by atoms with Gasteiger partial charge >= 0.3 is 0 Å². The molecule has 1 aliphatic carbocycles. The van der Waals surface area contributed by atoms with Crippen LogP contribution in [-0.2, 0) is 4.74 Å². The Bertz CT molecular complexity index is 1090. The second-order valence-electron chi connectivity index (χ2n) is 7.73. The lowest BCUT2D eigenvalue weighted by Gasteiger charge is -2.22. The summed E-state index contributed by atoms with van der Waals surface area (Å²) in [7, 11) is 1.80. The molecule has 10 nitrogen and oxygen atoms in total. The highest BCUT2D eigenvalue weighted by Gasteiger charge is 2.26. The Morgan fingerprint density at radius 1 is 1.26 bits per heavy atom. The van der Waals surface area contributed by atoms with E-state index in [0.29, 0.717) is 41.9 Å². The molecular formula is C21H25N7O3. The Hall–Kier alpha value is -3.40. The number of ether oxygens (including phenoxy) is 2. The summed E-state index contributed by atoms with van der Waals surface area (Å²) in [5, 5.41) is 13.8. The van der Waals surface area contributed by atoms with Crippen LogP contribution in [0.2, 0.25) is 0 Å². The van der Waals surface area contributed by atoms with Crippen molar-refractivity contribution in [3.63, 3.8) is 0 Å². The van der Waals surface area contributed by atoms with Crippen molar-refractivity contribution in [2.45, 2.75) is 37.8 Å². The van der Waals surface area contributed by atoms with Gasteiger partial charge in [-0.05, 0) is 37.8 Å². The number of hydrogen-bond acceptors (Lipinski definition) is 8. The van der Waals surface area contributed by atoms with Crippen LogP contribution < -0.4 is 20.7 Å². The largest absolute Gasteiger partial charge is 0.473 e. The lowest BCUT2D eigenvalue weighted by atomic mass is 10.1. The predicted octanol–water partition coefficient (Wildman–Crippen LogP) is 2.36. The maximum absolute atomic E-state index is 12.9. The first-order valence-corrected chi connectivity index (χ1v) is 10.5. The van der Waals surface area contributed by atoms with Gasteiger partial charge in [-0.25, -0.2) is 9.97 Å². The minimum Gasteiger partial charge on any atom is -0.473 e. The number of carbonyl (C=O) groups excluding carboxylic acids is 1. The quantitative estimate of drug-likeness (QED) is 0.531. The fourth-order valence-corrected chi connectivity index (χ4v) is 3.53. The van der Waals surface area contributed by atoms with E-state index < -0.39 is 0 Å². The van der Waals surface area contributed by atoms with E-state index in [1.165, 1.54) is 0 Å². The minimum atomic E-state index is -0.187. The predicted molar refractivity (Wildman–Crippen MR) is 115 cm³/mol. The summed E-state index contributed by atoms with van der Waals surface area (Å²) in [5.74, 6) is 1.62. The molecule has 1 saturated heterocycles. The van der Waals surface area contributed by atoms with E-state index in [1.807, 2.05) is 18.2 Å². The summed E-state index contributed by atoms with van der Waals surface area (Å²) >= 11 is 0. The average molecular weight is 423 g/mol. The van der Waals surface area contributed by atoms with Gasteiger partial charge in [0.05, 0.1) is 6.20 Å². The summed E-state index contributed by atoms with van der Waals surface area (Å²) in [5.41, 5.74) is 1.61. The molecule has 0 bridgehead atoms. The minimum absolute atomic E-state index is 0.0961. The van der Waals surface area contributed by atoms with Crippen molar-refractivity contribution >= 4 is 28.9 Å². The highest BCUT2D eigenvalue weighted by atomic mass is 16.5. The fraction of sp³-hybridized carbons (Fsp3) is 0.429. The Balaban J connectivity index is 1.44. The molecule has 0 aromatic carbocycles.